The van der Waals surface area contributed by atoms with Crippen LogP contribution in [0, 0.1) is 5.41 Å². The van der Waals surface area contributed by atoms with E-state index in [1.807, 2.05) is 0 Å². The van der Waals surface area contributed by atoms with Crippen LogP contribution in [0.1, 0.15) is 34.1 Å². The van der Waals surface area contributed by atoms with Gasteiger partial charge in [-0.15, -0.1) is 0 Å². The predicted octanol–water partition coefficient (Wildman–Crippen LogP) is 1.42. The number of rotatable bonds is 3. The fourth-order valence-electron chi connectivity index (χ4n) is 2.94. The molecule has 0 aromatic rings. The summed E-state index contributed by atoms with van der Waals surface area (Å²) in [7, 11) is 2.19. The number of aliphatic hydroxyl groups excluding tert-OH is 1. The molecule has 3 nitrogen and oxygen atoms in total. The van der Waals surface area contributed by atoms with Crippen molar-refractivity contribution in [2.45, 2.75) is 46.2 Å². The van der Waals surface area contributed by atoms with E-state index in [1.165, 1.54) is 0 Å². The SMILES string of the molecule is CC(C)N1CC(C)(C)CN(C)CC1CCO. The van der Waals surface area contributed by atoms with E-state index in [-0.39, 0.29) is 0 Å². The standard InChI is InChI=1S/C13H28N2O/c1-11(2)15-10-13(3,4)9-14(5)8-12(15)6-7-16/h11-12,16H,6-10H2,1-5H3. The Morgan fingerprint density at radius 2 is 1.94 bits per heavy atom. The molecule has 0 spiro atoms. The van der Waals surface area contributed by atoms with Gasteiger partial charge < -0.3 is 10.0 Å². The lowest BCUT2D eigenvalue weighted by Crippen LogP contribution is -2.46. The molecule has 0 saturated carbocycles. The highest BCUT2D eigenvalue weighted by atomic mass is 16.3. The van der Waals surface area contributed by atoms with Gasteiger partial charge in [-0.3, -0.25) is 4.90 Å². The molecule has 1 aliphatic heterocycles. The molecule has 0 aromatic heterocycles. The Hall–Kier alpha value is -0.120. The molecule has 0 amide bonds. The summed E-state index contributed by atoms with van der Waals surface area (Å²) < 4.78 is 0. The Bertz CT molecular complexity index is 216. The summed E-state index contributed by atoms with van der Waals surface area (Å²) in [6.45, 7) is 12.8. The van der Waals surface area contributed by atoms with Crippen molar-refractivity contribution in [3.05, 3.63) is 0 Å². The lowest BCUT2D eigenvalue weighted by molar-refractivity contribution is 0.101. The van der Waals surface area contributed by atoms with Crippen molar-refractivity contribution in [3.8, 4) is 0 Å². The Labute approximate surface area is 100 Å². The number of hydrogen-bond donors (Lipinski definition) is 1. The van der Waals surface area contributed by atoms with Crippen LogP contribution in [0.15, 0.2) is 0 Å². The monoisotopic (exact) mass is 228 g/mol. The molecule has 1 saturated heterocycles. The average Bonchev–Trinajstić information content (AvgIpc) is 2.22. The molecule has 0 aliphatic carbocycles. The zero-order valence-corrected chi connectivity index (χ0v) is 11.5. The number of likely N-dealkylation sites (N-methyl/N-ethyl adjacent to an activating group) is 1. The van der Waals surface area contributed by atoms with Gasteiger partial charge in [-0.2, -0.15) is 0 Å². The first-order valence-corrected chi connectivity index (χ1v) is 6.41. The van der Waals surface area contributed by atoms with E-state index in [0.29, 0.717) is 24.1 Å². The third kappa shape index (κ3) is 3.72. The van der Waals surface area contributed by atoms with Crippen molar-refractivity contribution < 1.29 is 5.11 Å². The summed E-state index contributed by atoms with van der Waals surface area (Å²) in [5.41, 5.74) is 0.337. The second kappa shape index (κ2) is 5.48. The summed E-state index contributed by atoms with van der Waals surface area (Å²) in [6, 6.07) is 1.05. The van der Waals surface area contributed by atoms with Crippen molar-refractivity contribution in [1.82, 2.24) is 9.80 Å². The molecule has 1 unspecified atom stereocenters. The molecule has 1 fully saturated rings. The Kier molecular flexibility index (Phi) is 4.77. The highest BCUT2D eigenvalue weighted by molar-refractivity contribution is 4.88. The first-order chi connectivity index (χ1) is 7.35. The zero-order valence-electron chi connectivity index (χ0n) is 11.5. The van der Waals surface area contributed by atoms with Gasteiger partial charge in [0.15, 0.2) is 0 Å². The van der Waals surface area contributed by atoms with Gasteiger partial charge in [-0.05, 0) is 32.7 Å². The topological polar surface area (TPSA) is 26.7 Å². The summed E-state index contributed by atoms with van der Waals surface area (Å²) in [6.07, 6.45) is 0.888. The minimum absolute atomic E-state index is 0.294. The molecule has 1 heterocycles. The maximum Gasteiger partial charge on any atom is 0.0446 e. The highest BCUT2D eigenvalue weighted by Gasteiger charge is 2.33. The average molecular weight is 228 g/mol. The Balaban J connectivity index is 2.81. The summed E-state index contributed by atoms with van der Waals surface area (Å²) >= 11 is 0. The van der Waals surface area contributed by atoms with Gasteiger partial charge in [0.1, 0.15) is 0 Å². The molecule has 0 radical (unpaired) electrons. The molecule has 16 heavy (non-hydrogen) atoms. The van der Waals surface area contributed by atoms with Crippen LogP contribution < -0.4 is 0 Å². The normalized spacial score (nSPS) is 28.3. The van der Waals surface area contributed by atoms with Crippen LogP contribution in [0.5, 0.6) is 0 Å². The van der Waals surface area contributed by atoms with Crippen molar-refractivity contribution >= 4 is 0 Å². The van der Waals surface area contributed by atoms with Crippen LogP contribution in [0.3, 0.4) is 0 Å². The molecule has 3 heteroatoms. The summed E-state index contributed by atoms with van der Waals surface area (Å²) in [4.78, 5) is 4.96. The van der Waals surface area contributed by atoms with E-state index in [4.69, 9.17) is 0 Å². The minimum atomic E-state index is 0.294. The molecule has 96 valence electrons. The molecular formula is C13H28N2O. The fourth-order valence-corrected chi connectivity index (χ4v) is 2.94. The lowest BCUT2D eigenvalue weighted by atomic mass is 9.92. The van der Waals surface area contributed by atoms with E-state index in [9.17, 15) is 5.11 Å². The fraction of sp³-hybridized carbons (Fsp3) is 1.00. The lowest BCUT2D eigenvalue weighted by Gasteiger charge is -2.36. The van der Waals surface area contributed by atoms with Gasteiger partial charge >= 0.3 is 0 Å². The molecule has 1 atom stereocenters. The molecular weight excluding hydrogens is 200 g/mol. The van der Waals surface area contributed by atoms with E-state index in [2.05, 4.69) is 44.5 Å². The minimum Gasteiger partial charge on any atom is -0.396 e. The molecule has 1 aliphatic rings. The van der Waals surface area contributed by atoms with E-state index < -0.39 is 0 Å². The van der Waals surface area contributed by atoms with Crippen molar-refractivity contribution in [2.24, 2.45) is 5.41 Å². The molecule has 0 bridgehead atoms. The number of aliphatic hydroxyl groups is 1. The Morgan fingerprint density at radius 1 is 1.31 bits per heavy atom. The van der Waals surface area contributed by atoms with Crippen molar-refractivity contribution in [3.63, 3.8) is 0 Å². The summed E-state index contributed by atoms with van der Waals surface area (Å²) in [5, 5.41) is 9.18. The van der Waals surface area contributed by atoms with Crippen molar-refractivity contribution in [1.29, 1.82) is 0 Å². The molecule has 1 N–H and O–H groups in total. The second-order valence-electron chi connectivity index (χ2n) is 6.29. The van der Waals surface area contributed by atoms with Crippen LogP contribution in [-0.4, -0.2) is 60.3 Å². The zero-order chi connectivity index (χ0) is 12.3. The van der Waals surface area contributed by atoms with Gasteiger partial charge in [0.05, 0.1) is 0 Å². The second-order valence-corrected chi connectivity index (χ2v) is 6.29. The maximum absolute atomic E-state index is 9.18. The van der Waals surface area contributed by atoms with Crippen molar-refractivity contribution in [2.75, 3.05) is 33.3 Å². The quantitative estimate of drug-likeness (QED) is 0.791. The Morgan fingerprint density at radius 3 is 2.44 bits per heavy atom. The number of nitrogens with zero attached hydrogens (tertiary/aromatic N) is 2. The van der Waals surface area contributed by atoms with Crippen LogP contribution in [0.25, 0.3) is 0 Å². The van der Waals surface area contributed by atoms with Crippen LogP contribution in [0.4, 0.5) is 0 Å². The van der Waals surface area contributed by atoms with E-state index >= 15 is 0 Å². The van der Waals surface area contributed by atoms with Crippen LogP contribution in [-0.2, 0) is 0 Å². The van der Waals surface area contributed by atoms with E-state index in [0.717, 1.165) is 26.1 Å². The smallest absolute Gasteiger partial charge is 0.0446 e. The molecule has 0 aromatic carbocycles. The first kappa shape index (κ1) is 13.9. The van der Waals surface area contributed by atoms with Crippen LogP contribution >= 0.6 is 0 Å². The number of hydrogen-bond acceptors (Lipinski definition) is 3. The predicted molar refractivity (Wildman–Crippen MR) is 68.6 cm³/mol. The van der Waals surface area contributed by atoms with Gasteiger partial charge in [0, 0.05) is 38.3 Å². The first-order valence-electron chi connectivity index (χ1n) is 6.41. The summed E-state index contributed by atoms with van der Waals surface area (Å²) in [5.74, 6) is 0. The largest absolute Gasteiger partial charge is 0.396 e. The van der Waals surface area contributed by atoms with Gasteiger partial charge in [0.2, 0.25) is 0 Å². The van der Waals surface area contributed by atoms with Gasteiger partial charge in [0.25, 0.3) is 0 Å². The van der Waals surface area contributed by atoms with Gasteiger partial charge in [-0.25, -0.2) is 0 Å². The molecule has 1 rings (SSSR count). The third-order valence-corrected chi connectivity index (χ3v) is 3.43. The van der Waals surface area contributed by atoms with Crippen LogP contribution in [0.2, 0.25) is 0 Å². The van der Waals surface area contributed by atoms with E-state index in [1.54, 1.807) is 0 Å². The third-order valence-electron chi connectivity index (χ3n) is 3.43. The van der Waals surface area contributed by atoms with Gasteiger partial charge in [-0.1, -0.05) is 13.8 Å². The maximum atomic E-state index is 9.18. The highest BCUT2D eigenvalue weighted by Crippen LogP contribution is 2.26.